The first-order valence-electron chi connectivity index (χ1n) is 7.39. The van der Waals surface area contributed by atoms with Crippen molar-refractivity contribution in [1.82, 2.24) is 10.2 Å². The number of nitrogens with zero attached hydrogens (tertiary/aromatic N) is 1. The first-order valence-corrected chi connectivity index (χ1v) is 7.39. The molecule has 1 unspecified atom stereocenters. The van der Waals surface area contributed by atoms with E-state index in [1.54, 1.807) is 0 Å². The van der Waals surface area contributed by atoms with Crippen molar-refractivity contribution >= 4 is 0 Å². The molecule has 2 aliphatic heterocycles. The van der Waals surface area contributed by atoms with Crippen molar-refractivity contribution in [2.24, 2.45) is 0 Å². The maximum atomic E-state index is 6.13. The van der Waals surface area contributed by atoms with E-state index in [1.807, 2.05) is 0 Å². The molecule has 3 nitrogen and oxygen atoms in total. The van der Waals surface area contributed by atoms with Gasteiger partial charge in [-0.05, 0) is 32.6 Å². The highest BCUT2D eigenvalue weighted by molar-refractivity contribution is 4.95. The minimum Gasteiger partial charge on any atom is -0.375 e. The van der Waals surface area contributed by atoms with Gasteiger partial charge in [0, 0.05) is 38.3 Å². The summed E-state index contributed by atoms with van der Waals surface area (Å²) in [5.74, 6) is 0. The van der Waals surface area contributed by atoms with Gasteiger partial charge in [0.05, 0.1) is 5.60 Å². The average Bonchev–Trinajstić information content (AvgIpc) is 2.77. The van der Waals surface area contributed by atoms with Crippen LogP contribution < -0.4 is 5.32 Å². The molecule has 98 valence electrons. The third-order valence-corrected chi connectivity index (χ3v) is 4.90. The molecule has 1 N–H and O–H groups in total. The molecular formula is C14H26N2O. The van der Waals surface area contributed by atoms with Crippen LogP contribution in [0, 0.1) is 0 Å². The van der Waals surface area contributed by atoms with E-state index in [1.165, 1.54) is 51.6 Å². The Hall–Kier alpha value is -0.120. The van der Waals surface area contributed by atoms with E-state index in [2.05, 4.69) is 17.1 Å². The Balaban J connectivity index is 1.62. The number of nitrogens with one attached hydrogen (secondary N) is 1. The molecule has 3 heteroatoms. The van der Waals surface area contributed by atoms with Crippen LogP contribution in [-0.2, 0) is 4.74 Å². The van der Waals surface area contributed by atoms with E-state index >= 15 is 0 Å². The zero-order chi connectivity index (χ0) is 11.7. The second kappa shape index (κ2) is 4.87. The van der Waals surface area contributed by atoms with Crippen molar-refractivity contribution in [2.75, 3.05) is 26.2 Å². The zero-order valence-corrected chi connectivity index (χ0v) is 11.1. The molecule has 0 aromatic heterocycles. The van der Waals surface area contributed by atoms with Crippen LogP contribution in [-0.4, -0.2) is 48.8 Å². The van der Waals surface area contributed by atoms with Crippen molar-refractivity contribution in [3.63, 3.8) is 0 Å². The van der Waals surface area contributed by atoms with Crippen LogP contribution >= 0.6 is 0 Å². The molecule has 1 saturated carbocycles. The lowest BCUT2D eigenvalue weighted by Crippen LogP contribution is -2.56. The van der Waals surface area contributed by atoms with Gasteiger partial charge < -0.3 is 10.1 Å². The summed E-state index contributed by atoms with van der Waals surface area (Å²) in [6, 6.07) is 1.44. The van der Waals surface area contributed by atoms with Crippen LogP contribution in [0.1, 0.15) is 45.4 Å². The maximum absolute atomic E-state index is 6.13. The van der Waals surface area contributed by atoms with Gasteiger partial charge in [-0.3, -0.25) is 4.90 Å². The molecule has 0 bridgehead atoms. The van der Waals surface area contributed by atoms with Crippen LogP contribution in [0.4, 0.5) is 0 Å². The van der Waals surface area contributed by atoms with Crippen molar-refractivity contribution in [3.8, 4) is 0 Å². The van der Waals surface area contributed by atoms with Crippen molar-refractivity contribution in [1.29, 1.82) is 0 Å². The van der Waals surface area contributed by atoms with Gasteiger partial charge in [-0.15, -0.1) is 0 Å². The third-order valence-electron chi connectivity index (χ3n) is 4.90. The first kappa shape index (κ1) is 11.9. The lowest BCUT2D eigenvalue weighted by molar-refractivity contribution is -0.104. The number of ether oxygens (including phenoxy) is 1. The Morgan fingerprint density at radius 3 is 2.88 bits per heavy atom. The van der Waals surface area contributed by atoms with Gasteiger partial charge in [0.1, 0.15) is 0 Å². The average molecular weight is 238 g/mol. The van der Waals surface area contributed by atoms with Crippen LogP contribution in [0.15, 0.2) is 0 Å². The van der Waals surface area contributed by atoms with Gasteiger partial charge in [0.25, 0.3) is 0 Å². The fraction of sp³-hybridized carbons (Fsp3) is 1.00. The Labute approximate surface area is 105 Å². The van der Waals surface area contributed by atoms with Crippen LogP contribution in [0.25, 0.3) is 0 Å². The predicted molar refractivity (Wildman–Crippen MR) is 69.2 cm³/mol. The minimum atomic E-state index is 0.275. The summed E-state index contributed by atoms with van der Waals surface area (Å²) in [5.41, 5.74) is 0.275. The quantitative estimate of drug-likeness (QED) is 0.753. The van der Waals surface area contributed by atoms with E-state index in [0.29, 0.717) is 6.04 Å². The lowest BCUT2D eigenvalue weighted by atomic mass is 9.87. The molecule has 0 aromatic carbocycles. The van der Waals surface area contributed by atoms with Gasteiger partial charge in [-0.2, -0.15) is 0 Å². The SMILES string of the molecule is C[C@H]1CN(C2CCOC3(CCCC3)C2)CCN1. The largest absolute Gasteiger partial charge is 0.375 e. The summed E-state index contributed by atoms with van der Waals surface area (Å²) in [5, 5.41) is 3.54. The molecule has 0 aromatic rings. The van der Waals surface area contributed by atoms with E-state index in [0.717, 1.165) is 19.2 Å². The van der Waals surface area contributed by atoms with Crippen molar-refractivity contribution in [2.45, 2.75) is 63.1 Å². The second-order valence-corrected chi connectivity index (χ2v) is 6.24. The molecule has 17 heavy (non-hydrogen) atoms. The van der Waals surface area contributed by atoms with E-state index in [4.69, 9.17) is 4.74 Å². The van der Waals surface area contributed by atoms with Crippen molar-refractivity contribution in [3.05, 3.63) is 0 Å². The summed E-state index contributed by atoms with van der Waals surface area (Å²) in [6.07, 6.45) is 7.92. The number of rotatable bonds is 1. The summed E-state index contributed by atoms with van der Waals surface area (Å²) in [7, 11) is 0. The number of hydrogen-bond donors (Lipinski definition) is 1. The first-order chi connectivity index (χ1) is 8.27. The third kappa shape index (κ3) is 2.51. The number of piperazine rings is 1. The molecule has 3 aliphatic rings. The number of hydrogen-bond acceptors (Lipinski definition) is 3. The summed E-state index contributed by atoms with van der Waals surface area (Å²) in [4.78, 5) is 2.71. The summed E-state index contributed by atoms with van der Waals surface area (Å²) in [6.45, 7) is 6.90. The highest BCUT2D eigenvalue weighted by Crippen LogP contribution is 2.41. The fourth-order valence-corrected chi connectivity index (χ4v) is 3.98. The Kier molecular flexibility index (Phi) is 3.42. The van der Waals surface area contributed by atoms with Crippen LogP contribution in [0.2, 0.25) is 0 Å². The topological polar surface area (TPSA) is 24.5 Å². The smallest absolute Gasteiger partial charge is 0.0697 e. The van der Waals surface area contributed by atoms with Crippen LogP contribution in [0.3, 0.4) is 0 Å². The molecule has 2 heterocycles. The van der Waals surface area contributed by atoms with Gasteiger partial charge in [0.15, 0.2) is 0 Å². The standard InChI is InChI=1S/C14H26N2O/c1-12-11-16(8-7-15-12)13-4-9-17-14(10-13)5-2-3-6-14/h12-13,15H,2-11H2,1H3/t12-,13?/m0/s1. The van der Waals surface area contributed by atoms with E-state index in [-0.39, 0.29) is 5.60 Å². The zero-order valence-electron chi connectivity index (χ0n) is 11.1. The maximum Gasteiger partial charge on any atom is 0.0697 e. The molecule has 3 rings (SSSR count). The Bertz CT molecular complexity index is 263. The van der Waals surface area contributed by atoms with Gasteiger partial charge in [-0.25, -0.2) is 0 Å². The highest BCUT2D eigenvalue weighted by atomic mass is 16.5. The normalized spacial score (nSPS) is 38.6. The van der Waals surface area contributed by atoms with Gasteiger partial charge in [-0.1, -0.05) is 12.8 Å². The molecule has 2 atom stereocenters. The Morgan fingerprint density at radius 1 is 1.29 bits per heavy atom. The summed E-state index contributed by atoms with van der Waals surface area (Å²) >= 11 is 0. The molecule has 1 spiro atoms. The van der Waals surface area contributed by atoms with Crippen molar-refractivity contribution < 1.29 is 4.74 Å². The molecule has 0 radical (unpaired) electrons. The monoisotopic (exact) mass is 238 g/mol. The van der Waals surface area contributed by atoms with Gasteiger partial charge in [0.2, 0.25) is 0 Å². The molecule has 2 saturated heterocycles. The lowest BCUT2D eigenvalue weighted by Gasteiger charge is -2.45. The Morgan fingerprint density at radius 2 is 2.12 bits per heavy atom. The minimum absolute atomic E-state index is 0.275. The highest BCUT2D eigenvalue weighted by Gasteiger charge is 2.41. The van der Waals surface area contributed by atoms with E-state index < -0.39 is 0 Å². The molecule has 0 amide bonds. The summed E-state index contributed by atoms with van der Waals surface area (Å²) < 4.78 is 6.13. The fourth-order valence-electron chi connectivity index (χ4n) is 3.98. The molecular weight excluding hydrogens is 212 g/mol. The van der Waals surface area contributed by atoms with E-state index in [9.17, 15) is 0 Å². The van der Waals surface area contributed by atoms with Gasteiger partial charge >= 0.3 is 0 Å². The molecule has 1 aliphatic carbocycles. The van der Waals surface area contributed by atoms with Crippen LogP contribution in [0.5, 0.6) is 0 Å². The predicted octanol–water partition coefficient (Wildman–Crippen LogP) is 1.77. The second-order valence-electron chi connectivity index (χ2n) is 6.24. The molecule has 3 fully saturated rings.